The van der Waals surface area contributed by atoms with Crippen molar-refractivity contribution in [3.63, 3.8) is 0 Å². The smallest absolute Gasteiger partial charge is 0.262 e. The topological polar surface area (TPSA) is 81.2 Å². The molecule has 0 aliphatic carbocycles. The zero-order valence-corrected chi connectivity index (χ0v) is 17.4. The molecule has 0 fully saturated rings. The van der Waals surface area contributed by atoms with Crippen molar-refractivity contribution in [2.24, 2.45) is 5.10 Å². The van der Waals surface area contributed by atoms with Gasteiger partial charge in [-0.3, -0.25) is 4.79 Å². The molecule has 2 N–H and O–H groups in total. The number of carbonyl (C=O) groups excluding carboxylic acids is 1. The van der Waals surface area contributed by atoms with Crippen LogP contribution < -0.4 is 25.0 Å². The van der Waals surface area contributed by atoms with E-state index in [1.54, 1.807) is 40.4 Å². The van der Waals surface area contributed by atoms with Gasteiger partial charge >= 0.3 is 0 Å². The maximum absolute atomic E-state index is 12.5. The van der Waals surface area contributed by atoms with E-state index in [-0.39, 0.29) is 5.91 Å². The second kappa shape index (κ2) is 9.65. The van der Waals surface area contributed by atoms with Crippen LogP contribution in [0.5, 0.6) is 17.2 Å². The Balaban J connectivity index is 1.68. The van der Waals surface area contributed by atoms with Crippen LogP contribution in [0, 0.1) is 0 Å². The van der Waals surface area contributed by atoms with Gasteiger partial charge in [-0.15, -0.1) is 0 Å². The first-order chi connectivity index (χ1) is 14.6. The van der Waals surface area contributed by atoms with Crippen LogP contribution in [0.2, 0.25) is 0 Å². The van der Waals surface area contributed by atoms with Crippen molar-refractivity contribution in [2.75, 3.05) is 26.6 Å². The van der Waals surface area contributed by atoms with Crippen molar-refractivity contribution in [3.8, 4) is 17.2 Å². The van der Waals surface area contributed by atoms with E-state index in [0.717, 1.165) is 16.5 Å². The predicted molar refractivity (Wildman–Crippen MR) is 119 cm³/mol. The number of rotatable bonds is 8. The molecule has 0 heterocycles. The van der Waals surface area contributed by atoms with E-state index in [1.807, 2.05) is 42.5 Å². The first kappa shape index (κ1) is 21.0. The number of fused-ring (bicyclic) bond motifs is 1. The SMILES string of the molecule is COc1cc(/C=N/NC(=O)C(C)Nc2cccc3ccccc23)cc(OC)c1OC. The van der Waals surface area contributed by atoms with Crippen LogP contribution in [0.4, 0.5) is 5.69 Å². The second-order valence-electron chi connectivity index (χ2n) is 6.59. The standard InChI is InChI=1S/C23H25N3O4/c1-15(25-19-11-7-9-17-8-5-6-10-18(17)19)23(27)26-24-14-16-12-20(28-2)22(30-4)21(13-16)29-3/h5-15,25H,1-4H3,(H,26,27)/b24-14+. The predicted octanol–water partition coefficient (Wildman–Crippen LogP) is 3.82. The Morgan fingerprint density at radius 2 is 1.63 bits per heavy atom. The molecule has 0 aliphatic rings. The third kappa shape index (κ3) is 4.63. The van der Waals surface area contributed by atoms with Crippen LogP contribution in [0.1, 0.15) is 12.5 Å². The molecule has 0 saturated carbocycles. The Labute approximate surface area is 175 Å². The number of anilines is 1. The summed E-state index contributed by atoms with van der Waals surface area (Å²) in [6, 6.07) is 17.0. The summed E-state index contributed by atoms with van der Waals surface area (Å²) in [4.78, 5) is 12.5. The zero-order valence-electron chi connectivity index (χ0n) is 17.4. The number of carbonyl (C=O) groups is 1. The van der Waals surface area contributed by atoms with Crippen molar-refractivity contribution >= 4 is 28.6 Å². The molecule has 0 spiro atoms. The van der Waals surface area contributed by atoms with Gasteiger partial charge in [-0.2, -0.15) is 5.10 Å². The third-order valence-corrected chi connectivity index (χ3v) is 4.63. The van der Waals surface area contributed by atoms with Gasteiger partial charge in [0.2, 0.25) is 5.75 Å². The maximum atomic E-state index is 12.5. The Morgan fingerprint density at radius 3 is 2.30 bits per heavy atom. The fourth-order valence-corrected chi connectivity index (χ4v) is 3.09. The summed E-state index contributed by atoms with van der Waals surface area (Å²) < 4.78 is 15.9. The van der Waals surface area contributed by atoms with Gasteiger partial charge in [-0.05, 0) is 30.5 Å². The average molecular weight is 407 g/mol. The van der Waals surface area contributed by atoms with Crippen LogP contribution in [-0.4, -0.2) is 39.5 Å². The molecular formula is C23H25N3O4. The molecule has 0 bridgehead atoms. The summed E-state index contributed by atoms with van der Waals surface area (Å²) in [7, 11) is 4.62. The minimum atomic E-state index is -0.479. The molecule has 3 aromatic rings. The molecule has 30 heavy (non-hydrogen) atoms. The Kier molecular flexibility index (Phi) is 6.75. The lowest BCUT2D eigenvalue weighted by atomic mass is 10.1. The molecular weight excluding hydrogens is 382 g/mol. The highest BCUT2D eigenvalue weighted by molar-refractivity contribution is 5.96. The third-order valence-electron chi connectivity index (χ3n) is 4.63. The number of benzene rings is 3. The summed E-state index contributed by atoms with van der Waals surface area (Å²) >= 11 is 0. The van der Waals surface area contributed by atoms with Gasteiger partial charge in [-0.1, -0.05) is 36.4 Å². The van der Waals surface area contributed by atoms with Crippen LogP contribution in [0.3, 0.4) is 0 Å². The molecule has 7 nitrogen and oxygen atoms in total. The number of nitrogens with one attached hydrogen (secondary N) is 2. The largest absolute Gasteiger partial charge is 0.493 e. The van der Waals surface area contributed by atoms with Gasteiger partial charge < -0.3 is 19.5 Å². The van der Waals surface area contributed by atoms with Crippen molar-refractivity contribution in [2.45, 2.75) is 13.0 Å². The first-order valence-electron chi connectivity index (χ1n) is 9.44. The van der Waals surface area contributed by atoms with Crippen molar-refractivity contribution < 1.29 is 19.0 Å². The molecule has 1 amide bonds. The molecule has 0 aromatic heterocycles. The summed E-state index contributed by atoms with van der Waals surface area (Å²) in [6.45, 7) is 1.78. The van der Waals surface area contributed by atoms with E-state index in [4.69, 9.17) is 14.2 Å². The van der Waals surface area contributed by atoms with Crippen molar-refractivity contribution in [1.29, 1.82) is 0 Å². The molecule has 3 rings (SSSR count). The fourth-order valence-electron chi connectivity index (χ4n) is 3.09. The minimum Gasteiger partial charge on any atom is -0.493 e. The molecule has 0 aliphatic heterocycles. The van der Waals surface area contributed by atoms with Crippen LogP contribution >= 0.6 is 0 Å². The summed E-state index contributed by atoms with van der Waals surface area (Å²) in [5.41, 5.74) is 4.14. The van der Waals surface area contributed by atoms with E-state index in [9.17, 15) is 4.79 Å². The van der Waals surface area contributed by atoms with E-state index in [1.165, 1.54) is 6.21 Å². The van der Waals surface area contributed by atoms with Gasteiger partial charge in [0.1, 0.15) is 6.04 Å². The van der Waals surface area contributed by atoms with Crippen LogP contribution in [0.15, 0.2) is 59.7 Å². The quantitative estimate of drug-likeness (QED) is 0.438. The fraction of sp³-hybridized carbons (Fsp3) is 0.217. The number of amides is 1. The lowest BCUT2D eigenvalue weighted by Crippen LogP contribution is -2.34. The highest BCUT2D eigenvalue weighted by atomic mass is 16.5. The van der Waals surface area contributed by atoms with Crippen molar-refractivity contribution in [1.82, 2.24) is 5.43 Å². The van der Waals surface area contributed by atoms with E-state index < -0.39 is 6.04 Å². The monoisotopic (exact) mass is 407 g/mol. The lowest BCUT2D eigenvalue weighted by molar-refractivity contribution is -0.121. The second-order valence-corrected chi connectivity index (χ2v) is 6.59. The Hall–Kier alpha value is -3.74. The zero-order chi connectivity index (χ0) is 21.5. The highest BCUT2D eigenvalue weighted by Gasteiger charge is 2.14. The average Bonchev–Trinajstić information content (AvgIpc) is 2.78. The van der Waals surface area contributed by atoms with Gasteiger partial charge in [0.15, 0.2) is 11.5 Å². The summed E-state index contributed by atoms with van der Waals surface area (Å²) in [5.74, 6) is 1.26. The minimum absolute atomic E-state index is 0.258. The number of hydrogen-bond donors (Lipinski definition) is 2. The van der Waals surface area contributed by atoms with Gasteiger partial charge in [0.05, 0.1) is 27.5 Å². The maximum Gasteiger partial charge on any atom is 0.262 e. The Morgan fingerprint density at radius 1 is 0.967 bits per heavy atom. The van der Waals surface area contributed by atoms with Crippen LogP contribution in [-0.2, 0) is 4.79 Å². The molecule has 0 saturated heterocycles. The normalized spacial score (nSPS) is 11.9. The van der Waals surface area contributed by atoms with Gasteiger partial charge in [0, 0.05) is 16.6 Å². The number of methoxy groups -OCH3 is 3. The molecule has 1 atom stereocenters. The van der Waals surface area contributed by atoms with E-state index in [2.05, 4.69) is 15.8 Å². The summed E-state index contributed by atoms with van der Waals surface area (Å²) in [5, 5.41) is 9.46. The van der Waals surface area contributed by atoms with Crippen LogP contribution in [0.25, 0.3) is 10.8 Å². The molecule has 7 heteroatoms. The van der Waals surface area contributed by atoms with Gasteiger partial charge in [0.25, 0.3) is 5.91 Å². The molecule has 3 aromatic carbocycles. The van der Waals surface area contributed by atoms with E-state index in [0.29, 0.717) is 22.8 Å². The molecule has 0 radical (unpaired) electrons. The van der Waals surface area contributed by atoms with E-state index >= 15 is 0 Å². The first-order valence-corrected chi connectivity index (χ1v) is 9.44. The molecule has 1 unspecified atom stereocenters. The van der Waals surface area contributed by atoms with Gasteiger partial charge in [-0.25, -0.2) is 5.43 Å². The Bertz CT molecular complexity index is 1030. The number of ether oxygens (including phenoxy) is 3. The number of hydrogen-bond acceptors (Lipinski definition) is 6. The number of hydrazone groups is 1. The highest BCUT2D eigenvalue weighted by Crippen LogP contribution is 2.37. The number of nitrogens with zero attached hydrogens (tertiary/aromatic N) is 1. The lowest BCUT2D eigenvalue weighted by Gasteiger charge is -2.15. The molecule has 156 valence electrons. The van der Waals surface area contributed by atoms with Crippen molar-refractivity contribution in [3.05, 3.63) is 60.2 Å². The summed E-state index contributed by atoms with van der Waals surface area (Å²) in [6.07, 6.45) is 1.52.